The molecule has 0 radical (unpaired) electrons. The molecule has 1 fully saturated rings. The number of aliphatic hydroxyl groups excluding tert-OH is 3. The summed E-state index contributed by atoms with van der Waals surface area (Å²) in [7, 11) is 0. The third kappa shape index (κ3) is 2.70. The van der Waals surface area contributed by atoms with Crippen LogP contribution in [-0.4, -0.2) is 51.3 Å². The zero-order valence-corrected chi connectivity index (χ0v) is 9.55. The summed E-state index contributed by atoms with van der Waals surface area (Å²) in [6, 6.07) is 4.50. The normalized spacial score (nSPS) is 32.2. The van der Waals surface area contributed by atoms with Gasteiger partial charge in [0.1, 0.15) is 12.2 Å². The molecule has 4 unspecified atom stereocenters. The molecule has 7 heteroatoms. The first-order chi connectivity index (χ1) is 8.61. The fourth-order valence-electron chi connectivity index (χ4n) is 1.76. The minimum Gasteiger partial charge on any atom is -0.394 e. The molecule has 4 atom stereocenters. The molecule has 0 saturated carbocycles. The van der Waals surface area contributed by atoms with Crippen molar-refractivity contribution in [2.75, 3.05) is 6.61 Å². The minimum absolute atomic E-state index is 0.0129. The van der Waals surface area contributed by atoms with Gasteiger partial charge in [-0.15, -0.1) is 4.73 Å². The van der Waals surface area contributed by atoms with E-state index in [0.29, 0.717) is 0 Å². The van der Waals surface area contributed by atoms with Gasteiger partial charge in [0.05, 0.1) is 12.7 Å². The molecule has 1 aromatic heterocycles. The lowest BCUT2D eigenvalue weighted by molar-refractivity contribution is -0.257. The summed E-state index contributed by atoms with van der Waals surface area (Å²) < 4.78 is 6.21. The number of ether oxygens (including phenoxy) is 1. The van der Waals surface area contributed by atoms with E-state index in [9.17, 15) is 15.0 Å². The number of nitrogens with zero attached hydrogens (tertiary/aromatic N) is 1. The van der Waals surface area contributed by atoms with Crippen LogP contribution in [0.2, 0.25) is 0 Å². The predicted molar refractivity (Wildman–Crippen MR) is 59.7 cm³/mol. The van der Waals surface area contributed by atoms with Crippen LogP contribution in [0.1, 0.15) is 6.42 Å². The number of aliphatic hydroxyl groups is 3. The molecule has 100 valence electrons. The van der Waals surface area contributed by atoms with Crippen molar-refractivity contribution < 1.29 is 24.9 Å². The monoisotopic (exact) mass is 257 g/mol. The molecule has 0 aliphatic carbocycles. The fourth-order valence-corrected chi connectivity index (χ4v) is 1.76. The Labute approximate surface area is 103 Å². The molecule has 1 saturated heterocycles. The van der Waals surface area contributed by atoms with Crippen molar-refractivity contribution in [3.8, 4) is 0 Å². The van der Waals surface area contributed by atoms with Gasteiger partial charge >= 0.3 is 0 Å². The first-order valence-corrected chi connectivity index (χ1v) is 5.59. The maximum atomic E-state index is 11.4. The van der Waals surface area contributed by atoms with Crippen LogP contribution >= 0.6 is 0 Å². The molecule has 1 aliphatic rings. The molecule has 0 amide bonds. The molecule has 2 rings (SSSR count). The molecule has 3 N–H and O–H groups in total. The Balaban J connectivity index is 2.06. The van der Waals surface area contributed by atoms with Crippen LogP contribution in [-0.2, 0) is 4.74 Å². The zero-order valence-electron chi connectivity index (χ0n) is 9.55. The van der Waals surface area contributed by atoms with Gasteiger partial charge < -0.3 is 24.9 Å². The quantitative estimate of drug-likeness (QED) is 0.585. The molecule has 2 heterocycles. The second-order valence-electron chi connectivity index (χ2n) is 4.05. The van der Waals surface area contributed by atoms with E-state index < -0.39 is 31.2 Å². The van der Waals surface area contributed by atoms with E-state index in [1.165, 1.54) is 12.3 Å². The second-order valence-corrected chi connectivity index (χ2v) is 4.05. The first-order valence-electron chi connectivity index (χ1n) is 5.59. The van der Waals surface area contributed by atoms with Crippen LogP contribution < -0.4 is 10.4 Å². The Hall–Kier alpha value is -1.41. The van der Waals surface area contributed by atoms with E-state index in [2.05, 4.69) is 0 Å². The fraction of sp³-hybridized carbons (Fsp3) is 0.545. The van der Waals surface area contributed by atoms with Crippen molar-refractivity contribution in [1.29, 1.82) is 0 Å². The summed E-state index contributed by atoms with van der Waals surface area (Å²) in [5, 5.41) is 28.1. The lowest BCUT2D eigenvalue weighted by Crippen LogP contribution is -2.53. The Morgan fingerprint density at radius 3 is 2.89 bits per heavy atom. The van der Waals surface area contributed by atoms with Crippen molar-refractivity contribution in [1.82, 2.24) is 4.73 Å². The molecule has 1 aliphatic heterocycles. The minimum atomic E-state index is -1.16. The first kappa shape index (κ1) is 13.0. The maximum absolute atomic E-state index is 11.4. The van der Waals surface area contributed by atoms with Gasteiger partial charge in [0, 0.05) is 18.7 Å². The van der Waals surface area contributed by atoms with Gasteiger partial charge in [-0.1, -0.05) is 6.07 Å². The van der Waals surface area contributed by atoms with Gasteiger partial charge in [0.2, 0.25) is 6.29 Å². The molecule has 0 spiro atoms. The van der Waals surface area contributed by atoms with E-state index in [0.717, 1.165) is 4.73 Å². The summed E-state index contributed by atoms with van der Waals surface area (Å²) in [4.78, 5) is 16.6. The molecular weight excluding hydrogens is 242 g/mol. The van der Waals surface area contributed by atoms with Gasteiger partial charge in [0.15, 0.2) is 0 Å². The van der Waals surface area contributed by atoms with Gasteiger partial charge in [-0.05, 0) is 6.07 Å². The number of rotatable bonds is 3. The Morgan fingerprint density at radius 1 is 1.44 bits per heavy atom. The van der Waals surface area contributed by atoms with Crippen molar-refractivity contribution in [2.24, 2.45) is 0 Å². The van der Waals surface area contributed by atoms with E-state index >= 15 is 0 Å². The highest BCUT2D eigenvalue weighted by Gasteiger charge is 2.37. The molecule has 0 bridgehead atoms. The van der Waals surface area contributed by atoms with Gasteiger partial charge in [-0.25, -0.2) is 0 Å². The highest BCUT2D eigenvalue weighted by atomic mass is 16.8. The lowest BCUT2D eigenvalue weighted by Gasteiger charge is -2.35. The number of hydrogen-bond donors (Lipinski definition) is 3. The van der Waals surface area contributed by atoms with E-state index in [1.807, 2.05) is 0 Å². The van der Waals surface area contributed by atoms with Crippen molar-refractivity contribution >= 4 is 0 Å². The van der Waals surface area contributed by atoms with E-state index in [1.54, 1.807) is 12.1 Å². The second kappa shape index (κ2) is 5.49. The summed E-state index contributed by atoms with van der Waals surface area (Å²) in [6.45, 7) is -0.443. The van der Waals surface area contributed by atoms with Crippen molar-refractivity contribution in [3.05, 3.63) is 34.7 Å². The molecule has 18 heavy (non-hydrogen) atoms. The van der Waals surface area contributed by atoms with E-state index in [-0.39, 0.29) is 12.0 Å². The number of aromatic nitrogens is 1. The standard InChI is InChI=1S/C11H15NO6/c13-6-8-11(16)7(14)5-10(17-8)18-12-4-2-1-3-9(12)15/h1-4,7-8,10-11,13-14,16H,5-6H2. The molecule has 0 aromatic carbocycles. The van der Waals surface area contributed by atoms with Crippen molar-refractivity contribution in [2.45, 2.75) is 31.0 Å². The van der Waals surface area contributed by atoms with Crippen LogP contribution in [0.25, 0.3) is 0 Å². The summed E-state index contributed by atoms with van der Waals surface area (Å²) in [5.41, 5.74) is -0.373. The lowest BCUT2D eigenvalue weighted by atomic mass is 10.0. The third-order valence-electron chi connectivity index (χ3n) is 2.74. The average molecular weight is 257 g/mol. The Kier molecular flexibility index (Phi) is 3.97. The van der Waals surface area contributed by atoms with E-state index in [4.69, 9.17) is 14.7 Å². The summed E-state index contributed by atoms with van der Waals surface area (Å²) >= 11 is 0. The van der Waals surface area contributed by atoms with Crippen LogP contribution in [0.3, 0.4) is 0 Å². The Bertz CT molecular complexity index is 447. The highest BCUT2D eigenvalue weighted by Crippen LogP contribution is 2.19. The van der Waals surface area contributed by atoms with Gasteiger partial charge in [-0.2, -0.15) is 0 Å². The summed E-state index contributed by atoms with van der Waals surface area (Å²) in [6.07, 6.45) is -2.64. The van der Waals surface area contributed by atoms with Gasteiger partial charge in [-0.3, -0.25) is 4.79 Å². The van der Waals surface area contributed by atoms with Crippen LogP contribution in [0.5, 0.6) is 0 Å². The van der Waals surface area contributed by atoms with Crippen LogP contribution in [0.15, 0.2) is 29.2 Å². The predicted octanol–water partition coefficient (Wildman–Crippen LogP) is -1.89. The maximum Gasteiger partial charge on any atom is 0.283 e. The highest BCUT2D eigenvalue weighted by molar-refractivity contribution is 4.91. The zero-order chi connectivity index (χ0) is 13.1. The van der Waals surface area contributed by atoms with Crippen molar-refractivity contribution in [3.63, 3.8) is 0 Å². The molecule has 1 aromatic rings. The van der Waals surface area contributed by atoms with Crippen LogP contribution in [0.4, 0.5) is 0 Å². The SMILES string of the molecule is O=c1ccccn1OC1CC(O)C(O)C(CO)O1. The largest absolute Gasteiger partial charge is 0.394 e. The smallest absolute Gasteiger partial charge is 0.283 e. The third-order valence-corrected chi connectivity index (χ3v) is 2.74. The molecule has 7 nitrogen and oxygen atoms in total. The number of pyridine rings is 1. The summed E-state index contributed by atoms with van der Waals surface area (Å²) in [5.74, 6) is 0. The van der Waals surface area contributed by atoms with Gasteiger partial charge in [0.25, 0.3) is 5.56 Å². The van der Waals surface area contributed by atoms with Crippen LogP contribution in [0, 0.1) is 0 Å². The number of hydrogen-bond acceptors (Lipinski definition) is 6. The average Bonchev–Trinajstić information content (AvgIpc) is 2.36. The Morgan fingerprint density at radius 2 is 2.22 bits per heavy atom. The topological polar surface area (TPSA) is 101 Å². The molecular formula is C11H15NO6.